The molecule has 0 aliphatic carbocycles. The molecule has 0 saturated carbocycles. The van der Waals surface area contributed by atoms with E-state index in [0.717, 1.165) is 17.8 Å². The van der Waals surface area contributed by atoms with Crippen LogP contribution in [-0.2, 0) is 17.5 Å². The van der Waals surface area contributed by atoms with Crippen molar-refractivity contribution in [1.82, 2.24) is 14.8 Å². The molecule has 0 aliphatic heterocycles. The number of carbonyl (C=O) groups excluding carboxylic acids is 1. The maximum Gasteiger partial charge on any atom is 0.416 e. The smallest absolute Gasteiger partial charge is 0.416 e. The predicted molar refractivity (Wildman–Crippen MR) is 81.9 cm³/mol. The van der Waals surface area contributed by atoms with Crippen molar-refractivity contribution in [3.05, 3.63) is 77.9 Å². The molecule has 25 heavy (non-hydrogen) atoms. The lowest BCUT2D eigenvalue weighted by atomic mass is 10.1. The summed E-state index contributed by atoms with van der Waals surface area (Å²) in [7, 11) is 0. The summed E-state index contributed by atoms with van der Waals surface area (Å²) in [6, 6.07) is 11.0. The maximum atomic E-state index is 12.5. The molecule has 8 heteroatoms. The number of esters is 1. The number of hydrogen-bond acceptors (Lipinski definition) is 4. The standard InChI is InChI=1S/C17H12F3N3O2/c18-17(19,20)14-5-1-12(2-6-14)9-25-16(24)13-3-7-15(8-4-13)23-11-21-10-22-23/h1-8,10-11H,9H2. The molecule has 0 atom stereocenters. The van der Waals surface area contributed by atoms with Crippen LogP contribution in [0.2, 0.25) is 0 Å². The summed E-state index contributed by atoms with van der Waals surface area (Å²) < 4.78 is 44.1. The quantitative estimate of drug-likeness (QED) is 0.676. The average molecular weight is 347 g/mol. The molecule has 0 aliphatic rings. The Labute approximate surface area is 140 Å². The largest absolute Gasteiger partial charge is 0.457 e. The van der Waals surface area contributed by atoms with Crippen LogP contribution in [0.5, 0.6) is 0 Å². The summed E-state index contributed by atoms with van der Waals surface area (Å²) >= 11 is 0. The van der Waals surface area contributed by atoms with Gasteiger partial charge in [-0.15, -0.1) is 0 Å². The van der Waals surface area contributed by atoms with Crippen molar-refractivity contribution in [1.29, 1.82) is 0 Å². The first-order chi connectivity index (χ1) is 11.9. The van der Waals surface area contributed by atoms with Crippen LogP contribution < -0.4 is 0 Å². The zero-order valence-corrected chi connectivity index (χ0v) is 12.8. The highest BCUT2D eigenvalue weighted by Gasteiger charge is 2.29. The SMILES string of the molecule is O=C(OCc1ccc(C(F)(F)F)cc1)c1ccc(-n2cncn2)cc1. The van der Waals surface area contributed by atoms with Crippen molar-refractivity contribution in [2.75, 3.05) is 0 Å². The average Bonchev–Trinajstić information content (AvgIpc) is 3.14. The minimum atomic E-state index is -4.39. The van der Waals surface area contributed by atoms with Gasteiger partial charge in [0.05, 0.1) is 16.8 Å². The number of nitrogens with zero attached hydrogens (tertiary/aromatic N) is 3. The Kier molecular flexibility index (Phi) is 4.51. The lowest BCUT2D eigenvalue weighted by Gasteiger charge is -2.08. The van der Waals surface area contributed by atoms with Gasteiger partial charge in [0.2, 0.25) is 0 Å². The van der Waals surface area contributed by atoms with Gasteiger partial charge in [-0.1, -0.05) is 12.1 Å². The highest BCUT2D eigenvalue weighted by atomic mass is 19.4. The van der Waals surface area contributed by atoms with Gasteiger partial charge in [-0.3, -0.25) is 0 Å². The first kappa shape index (κ1) is 16.7. The zero-order valence-electron chi connectivity index (χ0n) is 12.8. The van der Waals surface area contributed by atoms with Crippen LogP contribution in [0.15, 0.2) is 61.2 Å². The van der Waals surface area contributed by atoms with E-state index < -0.39 is 17.7 Å². The van der Waals surface area contributed by atoms with Crippen LogP contribution in [-0.4, -0.2) is 20.7 Å². The molecule has 0 radical (unpaired) electrons. The van der Waals surface area contributed by atoms with E-state index in [0.29, 0.717) is 11.1 Å². The molecule has 0 bridgehead atoms. The number of alkyl halides is 3. The van der Waals surface area contributed by atoms with Gasteiger partial charge in [-0.2, -0.15) is 18.3 Å². The maximum absolute atomic E-state index is 12.5. The van der Waals surface area contributed by atoms with E-state index in [1.54, 1.807) is 24.3 Å². The number of halogens is 3. The molecular formula is C17H12F3N3O2. The van der Waals surface area contributed by atoms with Gasteiger partial charge in [0.25, 0.3) is 0 Å². The van der Waals surface area contributed by atoms with Crippen LogP contribution >= 0.6 is 0 Å². The Hall–Kier alpha value is -3.16. The van der Waals surface area contributed by atoms with Crippen LogP contribution in [0.25, 0.3) is 5.69 Å². The lowest BCUT2D eigenvalue weighted by Crippen LogP contribution is -2.07. The van der Waals surface area contributed by atoms with Crippen LogP contribution in [0.4, 0.5) is 13.2 Å². The third-order valence-electron chi connectivity index (χ3n) is 3.44. The summed E-state index contributed by atoms with van der Waals surface area (Å²) in [5, 5.41) is 3.97. The van der Waals surface area contributed by atoms with Crippen molar-refractivity contribution < 1.29 is 22.7 Å². The number of ether oxygens (including phenoxy) is 1. The third-order valence-corrected chi connectivity index (χ3v) is 3.44. The van der Waals surface area contributed by atoms with Crippen LogP contribution in [0.3, 0.4) is 0 Å². The van der Waals surface area contributed by atoms with Crippen molar-refractivity contribution in [3.63, 3.8) is 0 Å². The second kappa shape index (κ2) is 6.76. The highest BCUT2D eigenvalue weighted by Crippen LogP contribution is 2.29. The van der Waals surface area contributed by atoms with Crippen molar-refractivity contribution in [3.8, 4) is 5.69 Å². The fourth-order valence-corrected chi connectivity index (χ4v) is 2.11. The van der Waals surface area contributed by atoms with Gasteiger partial charge < -0.3 is 4.74 Å². The van der Waals surface area contributed by atoms with Crippen molar-refractivity contribution >= 4 is 5.97 Å². The van der Waals surface area contributed by atoms with E-state index >= 15 is 0 Å². The Morgan fingerprint density at radius 2 is 1.72 bits per heavy atom. The van der Waals surface area contributed by atoms with Crippen molar-refractivity contribution in [2.45, 2.75) is 12.8 Å². The second-order valence-corrected chi connectivity index (χ2v) is 5.16. The van der Waals surface area contributed by atoms with Gasteiger partial charge in [-0.05, 0) is 42.0 Å². The van der Waals surface area contributed by atoms with E-state index in [4.69, 9.17) is 4.74 Å². The molecule has 1 heterocycles. The van der Waals surface area contributed by atoms with E-state index in [1.807, 2.05) is 0 Å². The van der Waals surface area contributed by atoms with Crippen LogP contribution in [0, 0.1) is 0 Å². The van der Waals surface area contributed by atoms with Gasteiger partial charge >= 0.3 is 12.1 Å². The first-order valence-corrected chi connectivity index (χ1v) is 7.22. The predicted octanol–water partition coefficient (Wildman–Crippen LogP) is 3.64. The number of hydrogen-bond donors (Lipinski definition) is 0. The fraction of sp³-hybridized carbons (Fsp3) is 0.118. The molecule has 2 aromatic carbocycles. The first-order valence-electron chi connectivity index (χ1n) is 7.22. The number of carbonyl (C=O) groups is 1. The normalized spacial score (nSPS) is 11.3. The number of rotatable bonds is 4. The summed E-state index contributed by atoms with van der Waals surface area (Å²) in [5.74, 6) is -0.565. The summed E-state index contributed by atoms with van der Waals surface area (Å²) in [6.45, 7) is -0.109. The fourth-order valence-electron chi connectivity index (χ4n) is 2.11. The Balaban J connectivity index is 1.61. The summed E-state index contributed by atoms with van der Waals surface area (Å²) in [4.78, 5) is 15.8. The molecule has 3 rings (SSSR count). The number of benzene rings is 2. The van der Waals surface area contributed by atoms with E-state index in [9.17, 15) is 18.0 Å². The van der Waals surface area contributed by atoms with Gasteiger partial charge in [0.15, 0.2) is 0 Å². The van der Waals surface area contributed by atoms with Crippen molar-refractivity contribution in [2.24, 2.45) is 0 Å². The molecular weight excluding hydrogens is 335 g/mol. The minimum Gasteiger partial charge on any atom is -0.457 e. The molecule has 128 valence electrons. The molecule has 0 spiro atoms. The Bertz CT molecular complexity index is 842. The molecule has 0 saturated heterocycles. The molecule has 1 aromatic heterocycles. The molecule has 5 nitrogen and oxygen atoms in total. The van der Waals surface area contributed by atoms with E-state index in [2.05, 4.69) is 10.1 Å². The third kappa shape index (κ3) is 4.03. The van der Waals surface area contributed by atoms with Crippen LogP contribution in [0.1, 0.15) is 21.5 Å². The zero-order chi connectivity index (χ0) is 17.9. The monoisotopic (exact) mass is 347 g/mol. The molecule has 0 fully saturated rings. The Morgan fingerprint density at radius 3 is 2.28 bits per heavy atom. The minimum absolute atomic E-state index is 0.109. The van der Waals surface area contributed by atoms with Gasteiger partial charge in [0.1, 0.15) is 19.3 Å². The summed E-state index contributed by atoms with van der Waals surface area (Å²) in [6.07, 6.45) is -1.47. The summed E-state index contributed by atoms with van der Waals surface area (Å²) in [5.41, 5.74) is 0.791. The lowest BCUT2D eigenvalue weighted by molar-refractivity contribution is -0.137. The second-order valence-electron chi connectivity index (χ2n) is 5.16. The van der Waals surface area contributed by atoms with E-state index in [1.165, 1.54) is 29.5 Å². The van der Waals surface area contributed by atoms with Gasteiger partial charge in [0, 0.05) is 0 Å². The topological polar surface area (TPSA) is 57.0 Å². The molecule has 0 amide bonds. The molecule has 0 N–H and O–H groups in total. The Morgan fingerprint density at radius 1 is 1.04 bits per heavy atom. The number of aromatic nitrogens is 3. The molecule has 3 aromatic rings. The highest BCUT2D eigenvalue weighted by molar-refractivity contribution is 5.89. The van der Waals surface area contributed by atoms with E-state index in [-0.39, 0.29) is 6.61 Å². The molecule has 0 unspecified atom stereocenters. The van der Waals surface area contributed by atoms with Gasteiger partial charge in [-0.25, -0.2) is 14.5 Å².